The maximum atomic E-state index is 12.2. The molecule has 1 aliphatic heterocycles. The lowest BCUT2D eigenvalue weighted by Crippen LogP contribution is -2.20. The van der Waals surface area contributed by atoms with Gasteiger partial charge in [0.1, 0.15) is 0 Å². The summed E-state index contributed by atoms with van der Waals surface area (Å²) in [5, 5.41) is 0. The van der Waals surface area contributed by atoms with Crippen LogP contribution in [-0.4, -0.2) is 16.1 Å². The van der Waals surface area contributed by atoms with Crippen molar-refractivity contribution in [3.8, 4) is 0 Å². The van der Waals surface area contributed by atoms with Gasteiger partial charge in [-0.3, -0.25) is 9.59 Å². The number of halogens is 1. The van der Waals surface area contributed by atoms with Crippen molar-refractivity contribution in [2.75, 3.05) is 0 Å². The molecular formula is C8H4FNO2S. The third-order valence-corrected chi connectivity index (χ3v) is 2.30. The molecule has 0 aromatic heterocycles. The summed E-state index contributed by atoms with van der Waals surface area (Å²) in [4.78, 5) is 22.6. The normalized spacial score (nSPS) is 15.0. The summed E-state index contributed by atoms with van der Waals surface area (Å²) in [6, 6.07) is 6.28. The number of imide groups is 1. The average molecular weight is 197 g/mol. The fraction of sp³-hybridized carbons (Fsp3) is 0. The minimum atomic E-state index is -0.590. The Morgan fingerprint density at radius 2 is 1.54 bits per heavy atom. The van der Waals surface area contributed by atoms with Gasteiger partial charge >= 0.3 is 0 Å². The van der Waals surface area contributed by atoms with Gasteiger partial charge in [-0.2, -0.15) is 4.31 Å². The predicted molar refractivity (Wildman–Crippen MR) is 45.6 cm³/mol. The molecule has 0 bridgehead atoms. The molecule has 0 N–H and O–H groups in total. The van der Waals surface area contributed by atoms with Gasteiger partial charge in [-0.1, -0.05) is 12.1 Å². The van der Waals surface area contributed by atoms with E-state index in [1.165, 1.54) is 12.1 Å². The van der Waals surface area contributed by atoms with E-state index in [1.54, 1.807) is 12.1 Å². The molecule has 2 amide bonds. The highest BCUT2D eigenvalue weighted by atomic mass is 32.2. The topological polar surface area (TPSA) is 37.4 Å². The third kappa shape index (κ3) is 1.04. The van der Waals surface area contributed by atoms with Gasteiger partial charge in [0, 0.05) is 0 Å². The number of nitrogens with zero attached hydrogens (tertiary/aromatic N) is 1. The molecule has 0 fully saturated rings. The fourth-order valence-corrected chi connectivity index (χ4v) is 1.55. The average Bonchev–Trinajstić information content (AvgIpc) is 2.41. The van der Waals surface area contributed by atoms with Crippen molar-refractivity contribution in [2.24, 2.45) is 0 Å². The van der Waals surface area contributed by atoms with Crippen molar-refractivity contribution in [3.05, 3.63) is 35.4 Å². The van der Waals surface area contributed by atoms with Gasteiger partial charge in [-0.25, -0.2) is 0 Å². The second-order valence-electron chi connectivity index (χ2n) is 2.52. The van der Waals surface area contributed by atoms with E-state index in [-0.39, 0.29) is 23.5 Å². The quantitative estimate of drug-likeness (QED) is 0.509. The Hall–Kier alpha value is -1.36. The molecule has 0 saturated carbocycles. The van der Waals surface area contributed by atoms with Gasteiger partial charge in [-0.15, -0.1) is 3.89 Å². The molecule has 1 aromatic carbocycles. The Morgan fingerprint density at radius 3 is 1.92 bits per heavy atom. The minimum absolute atomic E-state index is 0.262. The Balaban J connectivity index is 2.57. The summed E-state index contributed by atoms with van der Waals surface area (Å²) >= 11 is -0.361. The highest BCUT2D eigenvalue weighted by molar-refractivity contribution is 7.93. The summed E-state index contributed by atoms with van der Waals surface area (Å²) in [7, 11) is 0. The van der Waals surface area contributed by atoms with E-state index >= 15 is 0 Å². The zero-order valence-electron chi connectivity index (χ0n) is 6.36. The van der Waals surface area contributed by atoms with Gasteiger partial charge in [0.15, 0.2) is 12.3 Å². The van der Waals surface area contributed by atoms with Crippen LogP contribution in [0, 0.1) is 0 Å². The smallest absolute Gasteiger partial charge is 0.268 e. The van der Waals surface area contributed by atoms with E-state index in [0.717, 1.165) is 0 Å². The second kappa shape index (κ2) is 2.85. The Kier molecular flexibility index (Phi) is 1.81. The van der Waals surface area contributed by atoms with Gasteiger partial charge in [0.25, 0.3) is 11.8 Å². The molecule has 0 spiro atoms. The van der Waals surface area contributed by atoms with Crippen molar-refractivity contribution in [2.45, 2.75) is 0 Å². The van der Waals surface area contributed by atoms with Crippen LogP contribution in [0.4, 0.5) is 3.89 Å². The zero-order valence-corrected chi connectivity index (χ0v) is 7.18. The standard InChI is InChI=1S/C8H4FNO2S/c9-13-10-7(11)5-3-1-2-4-6(5)8(10)12/h1-4H. The largest absolute Gasteiger partial charge is 0.273 e. The number of fused-ring (bicyclic) bond motifs is 1. The van der Waals surface area contributed by atoms with Crippen molar-refractivity contribution in [1.82, 2.24) is 4.31 Å². The number of rotatable bonds is 1. The molecule has 0 saturated heterocycles. The lowest BCUT2D eigenvalue weighted by molar-refractivity contribution is 0.0774. The summed E-state index contributed by atoms with van der Waals surface area (Å²) in [6.45, 7) is 0. The van der Waals surface area contributed by atoms with Gasteiger partial charge in [-0.05, 0) is 12.1 Å². The van der Waals surface area contributed by atoms with Gasteiger partial charge in [0.2, 0.25) is 0 Å². The SMILES string of the molecule is O=C1c2ccccc2C(=O)N1SF. The number of carbonyl (C=O) groups excluding carboxylic acids is 2. The summed E-state index contributed by atoms with van der Waals surface area (Å²) in [6.07, 6.45) is 0. The molecule has 66 valence electrons. The zero-order chi connectivity index (χ0) is 9.42. The maximum absolute atomic E-state index is 12.2. The van der Waals surface area contributed by atoms with Crippen LogP contribution in [0.2, 0.25) is 0 Å². The molecule has 0 unspecified atom stereocenters. The Morgan fingerprint density at radius 1 is 1.08 bits per heavy atom. The highest BCUT2D eigenvalue weighted by Crippen LogP contribution is 2.28. The van der Waals surface area contributed by atoms with Gasteiger partial charge in [0.05, 0.1) is 11.1 Å². The van der Waals surface area contributed by atoms with E-state index in [1.807, 2.05) is 0 Å². The lowest BCUT2D eigenvalue weighted by atomic mass is 10.1. The number of amides is 2. The monoisotopic (exact) mass is 197 g/mol. The van der Waals surface area contributed by atoms with E-state index in [4.69, 9.17) is 0 Å². The first-order valence-electron chi connectivity index (χ1n) is 3.52. The van der Waals surface area contributed by atoms with Crippen LogP contribution in [0.1, 0.15) is 20.7 Å². The Bertz CT molecular complexity index is 358. The summed E-state index contributed by atoms with van der Waals surface area (Å²) in [5.41, 5.74) is 0.523. The van der Waals surface area contributed by atoms with Crippen molar-refractivity contribution in [1.29, 1.82) is 0 Å². The van der Waals surface area contributed by atoms with Crippen molar-refractivity contribution >= 4 is 24.1 Å². The number of hydrogen-bond acceptors (Lipinski definition) is 3. The van der Waals surface area contributed by atoms with Crippen molar-refractivity contribution < 1.29 is 13.5 Å². The van der Waals surface area contributed by atoms with Crippen LogP contribution < -0.4 is 0 Å². The molecule has 0 radical (unpaired) electrons. The van der Waals surface area contributed by atoms with Crippen LogP contribution >= 0.6 is 12.3 Å². The molecule has 1 heterocycles. The van der Waals surface area contributed by atoms with E-state index in [2.05, 4.69) is 0 Å². The van der Waals surface area contributed by atoms with E-state index < -0.39 is 11.8 Å². The minimum Gasteiger partial charge on any atom is -0.268 e. The number of hydrogen-bond donors (Lipinski definition) is 0. The lowest BCUT2D eigenvalue weighted by Gasteiger charge is -2.02. The van der Waals surface area contributed by atoms with Gasteiger partial charge < -0.3 is 0 Å². The fourth-order valence-electron chi connectivity index (χ4n) is 1.23. The first-order chi connectivity index (χ1) is 6.25. The number of benzene rings is 1. The molecule has 1 aliphatic rings. The molecule has 5 heteroatoms. The Labute approximate surface area is 78.0 Å². The maximum Gasteiger partial charge on any atom is 0.273 e. The first-order valence-corrected chi connectivity index (χ1v) is 4.19. The van der Waals surface area contributed by atoms with E-state index in [0.29, 0.717) is 4.31 Å². The summed E-state index contributed by atoms with van der Waals surface area (Å²) in [5.74, 6) is -1.18. The molecule has 0 aliphatic carbocycles. The summed E-state index contributed by atoms with van der Waals surface area (Å²) < 4.78 is 12.7. The first kappa shape index (κ1) is 8.25. The molecule has 2 rings (SSSR count). The molecule has 0 atom stereocenters. The predicted octanol–water partition coefficient (Wildman–Crippen LogP) is 1.82. The van der Waals surface area contributed by atoms with Crippen molar-refractivity contribution in [3.63, 3.8) is 0 Å². The molecular weight excluding hydrogens is 193 g/mol. The van der Waals surface area contributed by atoms with Crippen LogP contribution in [0.25, 0.3) is 0 Å². The molecule has 1 aromatic rings. The third-order valence-electron chi connectivity index (χ3n) is 1.83. The van der Waals surface area contributed by atoms with Crippen LogP contribution in [0.15, 0.2) is 24.3 Å². The second-order valence-corrected chi connectivity index (χ2v) is 3.02. The van der Waals surface area contributed by atoms with E-state index in [9.17, 15) is 13.5 Å². The van der Waals surface area contributed by atoms with Crippen LogP contribution in [0.5, 0.6) is 0 Å². The number of carbonyl (C=O) groups is 2. The highest BCUT2D eigenvalue weighted by Gasteiger charge is 2.36. The van der Waals surface area contributed by atoms with Crippen LogP contribution in [0.3, 0.4) is 0 Å². The molecule has 3 nitrogen and oxygen atoms in total. The van der Waals surface area contributed by atoms with Crippen LogP contribution in [-0.2, 0) is 0 Å². The molecule has 13 heavy (non-hydrogen) atoms.